The van der Waals surface area contributed by atoms with E-state index in [9.17, 15) is 18.4 Å². The van der Waals surface area contributed by atoms with E-state index in [4.69, 9.17) is 5.11 Å². The summed E-state index contributed by atoms with van der Waals surface area (Å²) in [7, 11) is 0. The molecular formula is C15H14F2N2O3S. The summed E-state index contributed by atoms with van der Waals surface area (Å²) in [5, 5.41) is 13.0. The van der Waals surface area contributed by atoms with Gasteiger partial charge in [-0.1, -0.05) is 24.3 Å². The van der Waals surface area contributed by atoms with E-state index in [-0.39, 0.29) is 5.69 Å². The number of aliphatic carboxylic acids is 1. The van der Waals surface area contributed by atoms with Gasteiger partial charge in [-0.05, 0) is 12.5 Å². The van der Waals surface area contributed by atoms with Crippen LogP contribution in [0.5, 0.6) is 0 Å². The second-order valence-corrected chi connectivity index (χ2v) is 5.70. The number of rotatable bonds is 6. The van der Waals surface area contributed by atoms with Gasteiger partial charge < -0.3 is 10.4 Å². The minimum Gasteiger partial charge on any atom is -0.480 e. The van der Waals surface area contributed by atoms with E-state index < -0.39 is 30.8 Å². The highest BCUT2D eigenvalue weighted by Crippen LogP contribution is 2.26. The summed E-state index contributed by atoms with van der Waals surface area (Å²) >= 11 is 1.23. The number of halogens is 2. The molecule has 1 aromatic carbocycles. The van der Waals surface area contributed by atoms with E-state index in [1.165, 1.54) is 16.7 Å². The summed E-state index contributed by atoms with van der Waals surface area (Å²) in [5.74, 6) is -2.29. The largest absolute Gasteiger partial charge is 0.480 e. The van der Waals surface area contributed by atoms with Gasteiger partial charge in [0.15, 0.2) is 0 Å². The average molecular weight is 340 g/mol. The zero-order valence-corrected chi connectivity index (χ0v) is 12.9. The molecule has 1 unspecified atom stereocenters. The number of carboxylic acids is 1. The van der Waals surface area contributed by atoms with Crippen LogP contribution in [0.2, 0.25) is 0 Å². The van der Waals surface area contributed by atoms with Crippen LogP contribution < -0.4 is 5.32 Å². The van der Waals surface area contributed by atoms with Gasteiger partial charge in [0.1, 0.15) is 16.7 Å². The number of amides is 1. The van der Waals surface area contributed by atoms with E-state index in [0.29, 0.717) is 5.01 Å². The van der Waals surface area contributed by atoms with Crippen LogP contribution in [0, 0.1) is 6.92 Å². The van der Waals surface area contributed by atoms with Crippen LogP contribution in [0.25, 0.3) is 10.6 Å². The summed E-state index contributed by atoms with van der Waals surface area (Å²) in [6, 6.07) is 5.83. The third-order valence-corrected chi connectivity index (χ3v) is 4.01. The van der Waals surface area contributed by atoms with Crippen molar-refractivity contribution in [1.29, 1.82) is 0 Å². The Morgan fingerprint density at radius 3 is 2.65 bits per heavy atom. The molecule has 0 saturated heterocycles. The Morgan fingerprint density at radius 2 is 2.04 bits per heavy atom. The molecule has 2 aromatic rings. The van der Waals surface area contributed by atoms with Gasteiger partial charge in [-0.25, -0.2) is 18.6 Å². The zero-order chi connectivity index (χ0) is 17.0. The molecule has 8 heteroatoms. The molecule has 0 spiro atoms. The van der Waals surface area contributed by atoms with Crippen LogP contribution in [-0.4, -0.2) is 34.4 Å². The third-order valence-electron chi connectivity index (χ3n) is 3.13. The van der Waals surface area contributed by atoms with Crippen LogP contribution in [-0.2, 0) is 4.79 Å². The number of carbonyl (C=O) groups is 2. The molecular weight excluding hydrogens is 326 g/mol. The van der Waals surface area contributed by atoms with Crippen molar-refractivity contribution in [3.05, 3.63) is 40.9 Å². The Balaban J connectivity index is 2.15. The fourth-order valence-electron chi connectivity index (χ4n) is 1.95. The maximum Gasteiger partial charge on any atom is 0.326 e. The number of thiazole rings is 1. The fourth-order valence-corrected chi connectivity index (χ4v) is 2.84. The number of nitrogens with zero attached hydrogens (tertiary/aromatic N) is 1. The van der Waals surface area contributed by atoms with E-state index in [1.807, 2.05) is 31.2 Å². The minimum atomic E-state index is -2.82. The third kappa shape index (κ3) is 4.32. The van der Waals surface area contributed by atoms with Crippen molar-refractivity contribution in [2.45, 2.75) is 25.8 Å². The lowest BCUT2D eigenvalue weighted by Gasteiger charge is -2.12. The van der Waals surface area contributed by atoms with Gasteiger partial charge in [-0.15, -0.1) is 11.3 Å². The number of aryl methyl sites for hydroxylation is 1. The second-order valence-electron chi connectivity index (χ2n) is 4.84. The lowest BCUT2D eigenvalue weighted by atomic mass is 10.1. The van der Waals surface area contributed by atoms with Crippen LogP contribution in [0.15, 0.2) is 29.6 Å². The topological polar surface area (TPSA) is 79.3 Å². The number of nitrogens with one attached hydrogen (secondary N) is 1. The second kappa shape index (κ2) is 7.28. The molecule has 0 fully saturated rings. The van der Waals surface area contributed by atoms with Crippen molar-refractivity contribution in [1.82, 2.24) is 10.3 Å². The van der Waals surface area contributed by atoms with Crippen LogP contribution in [0.4, 0.5) is 8.78 Å². The monoisotopic (exact) mass is 340 g/mol. The van der Waals surface area contributed by atoms with E-state index in [0.717, 1.165) is 11.1 Å². The number of aromatic nitrogens is 1. The van der Waals surface area contributed by atoms with Crippen molar-refractivity contribution in [2.75, 3.05) is 0 Å². The lowest BCUT2D eigenvalue weighted by Crippen LogP contribution is -2.42. The molecule has 0 aliphatic heterocycles. The first-order chi connectivity index (χ1) is 10.9. The Hall–Kier alpha value is -2.35. The summed E-state index contributed by atoms with van der Waals surface area (Å²) in [5.41, 5.74) is 1.85. The molecule has 23 heavy (non-hydrogen) atoms. The summed E-state index contributed by atoms with van der Waals surface area (Å²) in [6.07, 6.45) is -3.77. The Morgan fingerprint density at radius 1 is 1.35 bits per heavy atom. The number of hydrogen-bond donors (Lipinski definition) is 2. The zero-order valence-electron chi connectivity index (χ0n) is 12.1. The number of carbonyl (C=O) groups excluding carboxylic acids is 1. The van der Waals surface area contributed by atoms with E-state index >= 15 is 0 Å². The fraction of sp³-hybridized carbons (Fsp3) is 0.267. The number of alkyl halides is 2. The van der Waals surface area contributed by atoms with Crippen LogP contribution in [0.1, 0.15) is 22.5 Å². The van der Waals surface area contributed by atoms with Crippen molar-refractivity contribution in [3.63, 3.8) is 0 Å². The summed E-state index contributed by atoms with van der Waals surface area (Å²) in [4.78, 5) is 27.1. The quantitative estimate of drug-likeness (QED) is 0.847. The highest BCUT2D eigenvalue weighted by Gasteiger charge is 2.25. The van der Waals surface area contributed by atoms with Gasteiger partial charge in [0.25, 0.3) is 5.91 Å². The lowest BCUT2D eigenvalue weighted by molar-refractivity contribution is -0.140. The van der Waals surface area contributed by atoms with Gasteiger partial charge in [0, 0.05) is 17.4 Å². The molecule has 1 atom stereocenters. The maximum absolute atomic E-state index is 12.3. The number of benzene rings is 1. The van der Waals surface area contributed by atoms with Crippen molar-refractivity contribution >= 4 is 23.2 Å². The maximum atomic E-state index is 12.3. The molecule has 0 aliphatic carbocycles. The Bertz CT molecular complexity index is 718. The summed E-state index contributed by atoms with van der Waals surface area (Å²) in [6.45, 7) is 1.90. The molecule has 0 radical (unpaired) electrons. The van der Waals surface area contributed by atoms with Crippen LogP contribution in [0.3, 0.4) is 0 Å². The number of carboxylic acid groups (broad SMARTS) is 1. The molecule has 1 amide bonds. The predicted molar refractivity (Wildman–Crippen MR) is 81.8 cm³/mol. The van der Waals surface area contributed by atoms with Gasteiger partial charge in [0.2, 0.25) is 6.43 Å². The highest BCUT2D eigenvalue weighted by molar-refractivity contribution is 7.13. The molecule has 1 heterocycles. The molecule has 2 rings (SSSR count). The van der Waals surface area contributed by atoms with Gasteiger partial charge >= 0.3 is 5.97 Å². The Labute approximate surface area is 135 Å². The average Bonchev–Trinajstić information content (AvgIpc) is 2.96. The normalized spacial score (nSPS) is 12.2. The van der Waals surface area contributed by atoms with Gasteiger partial charge in [0.05, 0.1) is 0 Å². The highest BCUT2D eigenvalue weighted by atomic mass is 32.1. The first-order valence-electron chi connectivity index (χ1n) is 6.72. The molecule has 122 valence electrons. The van der Waals surface area contributed by atoms with Gasteiger partial charge in [-0.2, -0.15) is 0 Å². The van der Waals surface area contributed by atoms with E-state index in [2.05, 4.69) is 10.3 Å². The molecule has 1 aromatic heterocycles. The van der Waals surface area contributed by atoms with Crippen LogP contribution >= 0.6 is 11.3 Å². The first-order valence-corrected chi connectivity index (χ1v) is 7.59. The smallest absolute Gasteiger partial charge is 0.326 e. The van der Waals surface area contributed by atoms with E-state index in [1.54, 1.807) is 0 Å². The van der Waals surface area contributed by atoms with Crippen molar-refractivity contribution < 1.29 is 23.5 Å². The first kappa shape index (κ1) is 17.0. The summed E-state index contributed by atoms with van der Waals surface area (Å²) < 4.78 is 24.7. The SMILES string of the molecule is Cc1ccccc1-c1nc(C(=O)NC(CC(F)F)C(=O)O)cs1. The van der Waals surface area contributed by atoms with Crippen molar-refractivity contribution in [2.24, 2.45) is 0 Å². The molecule has 0 aliphatic rings. The minimum absolute atomic E-state index is 0.00812. The molecule has 0 bridgehead atoms. The molecule has 2 N–H and O–H groups in total. The van der Waals surface area contributed by atoms with Gasteiger partial charge in [-0.3, -0.25) is 4.79 Å². The Kier molecular flexibility index (Phi) is 5.38. The standard InChI is InChI=1S/C15H14F2N2O3S/c1-8-4-2-3-5-9(8)14-19-11(7-23-14)13(20)18-10(15(21)22)6-12(16)17/h2-5,7,10,12H,6H2,1H3,(H,18,20)(H,21,22). The molecule has 5 nitrogen and oxygen atoms in total. The molecule has 0 saturated carbocycles. The number of hydrogen-bond acceptors (Lipinski definition) is 4. The predicted octanol–water partition coefficient (Wildman–Crippen LogP) is 2.96. The van der Waals surface area contributed by atoms with Crippen molar-refractivity contribution in [3.8, 4) is 10.6 Å².